The fourth-order valence-corrected chi connectivity index (χ4v) is 2.20. The molecule has 0 radical (unpaired) electrons. The van der Waals surface area contributed by atoms with Crippen molar-refractivity contribution >= 4 is 23.1 Å². The van der Waals surface area contributed by atoms with Crippen LogP contribution in [0.25, 0.3) is 0 Å². The lowest BCUT2D eigenvalue weighted by molar-refractivity contribution is 0.252. The van der Waals surface area contributed by atoms with Gasteiger partial charge in [-0.3, -0.25) is 4.98 Å². The number of hydrogen-bond donors (Lipinski definition) is 2. The largest absolute Gasteiger partial charge is 0.333 e. The highest BCUT2D eigenvalue weighted by Gasteiger charge is 2.03. The molecular weight excluding hydrogens is 234 g/mol. The molecule has 0 aliphatic heterocycles. The molecule has 0 saturated heterocycles. The lowest BCUT2D eigenvalue weighted by Crippen LogP contribution is -2.28. The molecule has 0 spiro atoms. The zero-order valence-electron chi connectivity index (χ0n) is 9.43. The molecule has 0 aliphatic rings. The number of thiophene rings is 1. The number of urea groups is 1. The first kappa shape index (κ1) is 11.6. The SMILES string of the molecule is Cc1ccsc1CNC(=O)Nc1cccnc1. The molecule has 0 aliphatic carbocycles. The maximum absolute atomic E-state index is 11.6. The average Bonchev–Trinajstić information content (AvgIpc) is 2.74. The molecule has 5 heteroatoms. The minimum Gasteiger partial charge on any atom is -0.333 e. The van der Waals surface area contributed by atoms with Crippen LogP contribution in [0.3, 0.4) is 0 Å². The first-order chi connectivity index (χ1) is 8.25. The minimum atomic E-state index is -0.217. The van der Waals surface area contributed by atoms with Gasteiger partial charge in [0.1, 0.15) is 0 Å². The third-order valence-electron chi connectivity index (χ3n) is 2.30. The van der Waals surface area contributed by atoms with Gasteiger partial charge in [-0.15, -0.1) is 11.3 Å². The molecule has 2 rings (SSSR count). The van der Waals surface area contributed by atoms with Crippen LogP contribution in [-0.2, 0) is 6.54 Å². The third-order valence-corrected chi connectivity index (χ3v) is 3.32. The Bertz CT molecular complexity index is 495. The first-order valence-electron chi connectivity index (χ1n) is 5.23. The molecule has 2 N–H and O–H groups in total. The highest BCUT2D eigenvalue weighted by molar-refractivity contribution is 7.10. The van der Waals surface area contributed by atoms with Gasteiger partial charge in [-0.1, -0.05) is 0 Å². The van der Waals surface area contributed by atoms with Crippen LogP contribution in [0, 0.1) is 6.92 Å². The van der Waals surface area contributed by atoms with Crippen molar-refractivity contribution in [2.24, 2.45) is 0 Å². The number of rotatable bonds is 3. The van der Waals surface area contributed by atoms with E-state index in [1.54, 1.807) is 35.9 Å². The average molecular weight is 247 g/mol. The predicted octanol–water partition coefficient (Wildman–Crippen LogP) is 2.77. The van der Waals surface area contributed by atoms with Gasteiger partial charge in [-0.2, -0.15) is 0 Å². The Morgan fingerprint density at radius 3 is 3.00 bits per heavy atom. The Morgan fingerprint density at radius 1 is 1.47 bits per heavy atom. The molecule has 2 amide bonds. The molecule has 17 heavy (non-hydrogen) atoms. The number of aromatic nitrogens is 1. The molecule has 0 atom stereocenters. The van der Waals surface area contributed by atoms with Crippen LogP contribution in [0.15, 0.2) is 36.0 Å². The molecule has 2 aromatic rings. The van der Waals surface area contributed by atoms with E-state index in [0.717, 1.165) is 0 Å². The van der Waals surface area contributed by atoms with Gasteiger partial charge in [-0.05, 0) is 36.1 Å². The quantitative estimate of drug-likeness (QED) is 0.876. The van der Waals surface area contributed by atoms with Crippen molar-refractivity contribution in [2.75, 3.05) is 5.32 Å². The van der Waals surface area contributed by atoms with Gasteiger partial charge in [0.25, 0.3) is 0 Å². The van der Waals surface area contributed by atoms with Gasteiger partial charge in [0, 0.05) is 11.1 Å². The number of nitrogens with zero attached hydrogens (tertiary/aromatic N) is 1. The molecule has 4 nitrogen and oxygen atoms in total. The summed E-state index contributed by atoms with van der Waals surface area (Å²) in [7, 11) is 0. The van der Waals surface area contributed by atoms with E-state index in [-0.39, 0.29) is 6.03 Å². The third kappa shape index (κ3) is 3.29. The summed E-state index contributed by atoms with van der Waals surface area (Å²) < 4.78 is 0. The maximum Gasteiger partial charge on any atom is 0.319 e. The highest BCUT2D eigenvalue weighted by Crippen LogP contribution is 2.14. The van der Waals surface area contributed by atoms with Crippen LogP contribution in [0.4, 0.5) is 10.5 Å². The van der Waals surface area contributed by atoms with Gasteiger partial charge >= 0.3 is 6.03 Å². The maximum atomic E-state index is 11.6. The molecule has 88 valence electrons. The smallest absolute Gasteiger partial charge is 0.319 e. The number of aryl methyl sites for hydroxylation is 1. The van der Waals surface area contributed by atoms with Crippen LogP contribution in [0.1, 0.15) is 10.4 Å². The minimum absolute atomic E-state index is 0.217. The fourth-order valence-electron chi connectivity index (χ4n) is 1.36. The topological polar surface area (TPSA) is 54.0 Å². The standard InChI is InChI=1S/C12H13N3OS/c1-9-4-6-17-11(9)8-14-12(16)15-10-3-2-5-13-7-10/h2-7H,8H2,1H3,(H2,14,15,16). The Labute approximate surface area is 104 Å². The Morgan fingerprint density at radius 2 is 2.35 bits per heavy atom. The van der Waals surface area contributed by atoms with E-state index in [1.807, 2.05) is 18.4 Å². The Kier molecular flexibility index (Phi) is 3.72. The molecule has 2 aromatic heterocycles. The van der Waals surface area contributed by atoms with Gasteiger partial charge in [0.2, 0.25) is 0 Å². The van der Waals surface area contributed by atoms with E-state index in [1.165, 1.54) is 10.4 Å². The number of carbonyl (C=O) groups excluding carboxylic acids is 1. The van der Waals surface area contributed by atoms with E-state index in [0.29, 0.717) is 12.2 Å². The second-order valence-corrected chi connectivity index (χ2v) is 4.58. The zero-order chi connectivity index (χ0) is 12.1. The summed E-state index contributed by atoms with van der Waals surface area (Å²) in [5.41, 5.74) is 1.89. The van der Waals surface area contributed by atoms with Crippen LogP contribution in [0.5, 0.6) is 0 Å². The number of carbonyl (C=O) groups is 1. The van der Waals surface area contributed by atoms with Gasteiger partial charge in [-0.25, -0.2) is 4.79 Å². The van der Waals surface area contributed by atoms with Gasteiger partial charge in [0.05, 0.1) is 18.4 Å². The lowest BCUT2D eigenvalue weighted by Gasteiger charge is -2.06. The summed E-state index contributed by atoms with van der Waals surface area (Å²) >= 11 is 1.64. The summed E-state index contributed by atoms with van der Waals surface area (Å²) in [5.74, 6) is 0. The summed E-state index contributed by atoms with van der Waals surface area (Å²) in [6.07, 6.45) is 3.27. The Hall–Kier alpha value is -1.88. The second-order valence-electron chi connectivity index (χ2n) is 3.58. The number of amides is 2. The van der Waals surface area contributed by atoms with Crippen molar-refractivity contribution in [1.82, 2.24) is 10.3 Å². The van der Waals surface area contributed by atoms with E-state index in [2.05, 4.69) is 15.6 Å². The molecule has 0 aromatic carbocycles. The summed E-state index contributed by atoms with van der Waals surface area (Å²) in [6, 6.07) is 5.40. The summed E-state index contributed by atoms with van der Waals surface area (Å²) in [5, 5.41) is 7.54. The zero-order valence-corrected chi connectivity index (χ0v) is 10.3. The van der Waals surface area contributed by atoms with Crippen molar-refractivity contribution in [1.29, 1.82) is 0 Å². The molecule has 0 bridgehead atoms. The number of hydrogen-bond acceptors (Lipinski definition) is 3. The predicted molar refractivity (Wildman–Crippen MR) is 69.2 cm³/mol. The van der Waals surface area contributed by atoms with Crippen molar-refractivity contribution in [3.8, 4) is 0 Å². The number of nitrogens with one attached hydrogen (secondary N) is 2. The van der Waals surface area contributed by atoms with Crippen LogP contribution >= 0.6 is 11.3 Å². The van der Waals surface area contributed by atoms with Crippen LogP contribution in [0.2, 0.25) is 0 Å². The van der Waals surface area contributed by atoms with Gasteiger partial charge < -0.3 is 10.6 Å². The molecule has 2 heterocycles. The molecule has 0 fully saturated rings. The normalized spacial score (nSPS) is 9.94. The highest BCUT2D eigenvalue weighted by atomic mass is 32.1. The lowest BCUT2D eigenvalue weighted by atomic mass is 10.3. The van der Waals surface area contributed by atoms with E-state index in [4.69, 9.17) is 0 Å². The number of anilines is 1. The van der Waals surface area contributed by atoms with Crippen molar-refractivity contribution in [2.45, 2.75) is 13.5 Å². The first-order valence-corrected chi connectivity index (χ1v) is 6.11. The van der Waals surface area contributed by atoms with E-state index < -0.39 is 0 Å². The van der Waals surface area contributed by atoms with Crippen molar-refractivity contribution < 1.29 is 4.79 Å². The second kappa shape index (κ2) is 5.45. The van der Waals surface area contributed by atoms with Crippen molar-refractivity contribution in [3.05, 3.63) is 46.4 Å². The van der Waals surface area contributed by atoms with E-state index in [9.17, 15) is 4.79 Å². The van der Waals surface area contributed by atoms with Crippen molar-refractivity contribution in [3.63, 3.8) is 0 Å². The Balaban J connectivity index is 1.84. The van der Waals surface area contributed by atoms with Gasteiger partial charge in [0.15, 0.2) is 0 Å². The fraction of sp³-hybridized carbons (Fsp3) is 0.167. The molecular formula is C12H13N3OS. The van der Waals surface area contributed by atoms with Crippen LogP contribution in [-0.4, -0.2) is 11.0 Å². The molecule has 0 unspecified atom stereocenters. The number of pyridine rings is 1. The van der Waals surface area contributed by atoms with E-state index >= 15 is 0 Å². The molecule has 0 saturated carbocycles. The summed E-state index contributed by atoms with van der Waals surface area (Å²) in [4.78, 5) is 16.7. The monoisotopic (exact) mass is 247 g/mol. The van der Waals surface area contributed by atoms with Crippen LogP contribution < -0.4 is 10.6 Å². The summed E-state index contributed by atoms with van der Waals surface area (Å²) in [6.45, 7) is 2.59.